The summed E-state index contributed by atoms with van der Waals surface area (Å²) in [7, 11) is -4.12. The van der Waals surface area contributed by atoms with E-state index in [1.54, 1.807) is 6.07 Å². The summed E-state index contributed by atoms with van der Waals surface area (Å²) in [6.45, 7) is 0. The summed E-state index contributed by atoms with van der Waals surface area (Å²) in [5.41, 5.74) is 0.907. The van der Waals surface area contributed by atoms with Crippen molar-refractivity contribution >= 4 is 10.1 Å². The lowest BCUT2D eigenvalue weighted by molar-refractivity contribution is 0.354. The Morgan fingerprint density at radius 3 is 2.47 bits per heavy atom. The molecule has 0 amide bonds. The molecule has 0 spiro atoms. The van der Waals surface area contributed by atoms with Crippen LogP contribution in [0, 0.1) is 5.92 Å². The fourth-order valence-electron chi connectivity index (χ4n) is 2.37. The van der Waals surface area contributed by atoms with Crippen molar-refractivity contribution in [1.29, 1.82) is 0 Å². The normalized spacial score (nSPS) is 18.2. The first kappa shape index (κ1) is 12.5. The van der Waals surface area contributed by atoms with Gasteiger partial charge in [-0.3, -0.25) is 9.54 Å². The second-order valence-electron chi connectivity index (χ2n) is 4.67. The molecule has 17 heavy (non-hydrogen) atoms. The molecule has 1 aromatic rings. The van der Waals surface area contributed by atoms with E-state index >= 15 is 0 Å². The average molecular weight is 255 g/mol. The van der Waals surface area contributed by atoms with Crippen molar-refractivity contribution in [2.75, 3.05) is 0 Å². The van der Waals surface area contributed by atoms with Gasteiger partial charge in [0.25, 0.3) is 10.1 Å². The van der Waals surface area contributed by atoms with Gasteiger partial charge in [-0.05, 0) is 24.5 Å². The van der Waals surface area contributed by atoms with Crippen molar-refractivity contribution in [3.05, 3.63) is 24.0 Å². The molecule has 5 heteroatoms. The predicted octanol–water partition coefficient (Wildman–Crippen LogP) is 2.45. The largest absolute Gasteiger partial charge is 0.296 e. The molecule has 4 nitrogen and oxygen atoms in total. The molecule has 0 saturated heterocycles. The third kappa shape index (κ3) is 3.51. The number of aromatic nitrogens is 1. The van der Waals surface area contributed by atoms with Crippen molar-refractivity contribution in [1.82, 2.24) is 4.98 Å². The van der Waals surface area contributed by atoms with Crippen molar-refractivity contribution in [3.8, 4) is 0 Å². The van der Waals surface area contributed by atoms with Gasteiger partial charge in [-0.2, -0.15) is 8.42 Å². The minimum absolute atomic E-state index is 0.134. The Labute approximate surface area is 102 Å². The SMILES string of the molecule is O=S(=O)(O)c1ccc(CC2CCCCC2)nc1. The van der Waals surface area contributed by atoms with Crippen LogP contribution in [0.2, 0.25) is 0 Å². The molecule has 0 unspecified atom stereocenters. The zero-order valence-corrected chi connectivity index (χ0v) is 10.5. The lowest BCUT2D eigenvalue weighted by atomic mass is 9.86. The van der Waals surface area contributed by atoms with Crippen LogP contribution < -0.4 is 0 Å². The van der Waals surface area contributed by atoms with Crippen LogP contribution in [0.25, 0.3) is 0 Å². The zero-order valence-electron chi connectivity index (χ0n) is 9.67. The summed E-state index contributed by atoms with van der Waals surface area (Å²) in [4.78, 5) is 3.97. The summed E-state index contributed by atoms with van der Waals surface area (Å²) in [6.07, 6.45) is 8.51. The molecule has 1 fully saturated rings. The number of hydrogen-bond acceptors (Lipinski definition) is 3. The van der Waals surface area contributed by atoms with Crippen LogP contribution in [0.1, 0.15) is 37.8 Å². The maximum Gasteiger partial charge on any atom is 0.296 e. The Kier molecular flexibility index (Phi) is 3.79. The van der Waals surface area contributed by atoms with E-state index in [0.717, 1.165) is 12.1 Å². The van der Waals surface area contributed by atoms with Crippen LogP contribution in [0.5, 0.6) is 0 Å². The molecule has 0 aromatic carbocycles. The first-order valence-electron chi connectivity index (χ1n) is 5.98. The molecule has 1 aromatic heterocycles. The van der Waals surface area contributed by atoms with Crippen LogP contribution in [-0.2, 0) is 16.5 Å². The molecule has 0 aliphatic heterocycles. The second-order valence-corrected chi connectivity index (χ2v) is 6.09. The minimum atomic E-state index is -4.12. The van der Waals surface area contributed by atoms with Gasteiger partial charge in [0, 0.05) is 11.9 Å². The van der Waals surface area contributed by atoms with E-state index in [1.807, 2.05) is 0 Å². The lowest BCUT2D eigenvalue weighted by Crippen LogP contribution is -2.10. The van der Waals surface area contributed by atoms with Gasteiger partial charge in [0.15, 0.2) is 0 Å². The van der Waals surface area contributed by atoms with E-state index in [1.165, 1.54) is 44.4 Å². The van der Waals surface area contributed by atoms with Gasteiger partial charge in [0.1, 0.15) is 4.90 Å². The summed E-state index contributed by atoms with van der Waals surface area (Å²) in [5.74, 6) is 0.674. The topological polar surface area (TPSA) is 67.3 Å². The Hall–Kier alpha value is -0.940. The fraction of sp³-hybridized carbons (Fsp3) is 0.583. The van der Waals surface area contributed by atoms with Crippen LogP contribution in [-0.4, -0.2) is 18.0 Å². The molecule has 1 N–H and O–H groups in total. The van der Waals surface area contributed by atoms with Gasteiger partial charge in [-0.25, -0.2) is 0 Å². The lowest BCUT2D eigenvalue weighted by Gasteiger charge is -2.20. The van der Waals surface area contributed by atoms with Gasteiger partial charge in [0.2, 0.25) is 0 Å². The Balaban J connectivity index is 2.03. The van der Waals surface area contributed by atoms with Gasteiger partial charge in [0.05, 0.1) is 0 Å². The van der Waals surface area contributed by atoms with E-state index < -0.39 is 10.1 Å². The number of rotatable bonds is 3. The zero-order chi connectivity index (χ0) is 12.3. The van der Waals surface area contributed by atoms with Gasteiger partial charge >= 0.3 is 0 Å². The van der Waals surface area contributed by atoms with Crippen LogP contribution in [0.15, 0.2) is 23.2 Å². The summed E-state index contributed by atoms with van der Waals surface area (Å²) in [5, 5.41) is 0. The monoisotopic (exact) mass is 255 g/mol. The van der Waals surface area contributed by atoms with Crippen molar-refractivity contribution in [2.45, 2.75) is 43.4 Å². The second kappa shape index (κ2) is 5.14. The van der Waals surface area contributed by atoms with E-state index in [2.05, 4.69) is 4.98 Å². The smallest absolute Gasteiger partial charge is 0.282 e. The Bertz CT molecular complexity index is 461. The molecule has 2 rings (SSSR count). The predicted molar refractivity (Wildman–Crippen MR) is 64.3 cm³/mol. The molecule has 1 aliphatic carbocycles. The molecule has 94 valence electrons. The van der Waals surface area contributed by atoms with E-state index in [4.69, 9.17) is 4.55 Å². The molecule has 1 saturated carbocycles. The highest BCUT2D eigenvalue weighted by atomic mass is 32.2. The third-order valence-electron chi connectivity index (χ3n) is 3.32. The first-order chi connectivity index (χ1) is 8.05. The molecule has 1 heterocycles. The highest BCUT2D eigenvalue weighted by molar-refractivity contribution is 7.85. The molecule has 0 radical (unpaired) electrons. The van der Waals surface area contributed by atoms with E-state index in [-0.39, 0.29) is 4.90 Å². The maximum absolute atomic E-state index is 10.8. The standard InChI is InChI=1S/C12H17NO3S/c14-17(15,16)12-7-6-11(13-9-12)8-10-4-2-1-3-5-10/h6-7,9-10H,1-5,8H2,(H,14,15,16). The molecule has 0 bridgehead atoms. The van der Waals surface area contributed by atoms with Gasteiger partial charge < -0.3 is 0 Å². The van der Waals surface area contributed by atoms with Crippen molar-refractivity contribution in [2.24, 2.45) is 5.92 Å². The number of nitrogens with zero attached hydrogens (tertiary/aromatic N) is 1. The Morgan fingerprint density at radius 2 is 1.94 bits per heavy atom. The van der Waals surface area contributed by atoms with Crippen LogP contribution in [0.4, 0.5) is 0 Å². The van der Waals surface area contributed by atoms with Crippen molar-refractivity contribution in [3.63, 3.8) is 0 Å². The summed E-state index contributed by atoms with van der Waals surface area (Å²) in [6, 6.07) is 3.11. The van der Waals surface area contributed by atoms with Crippen LogP contribution >= 0.6 is 0 Å². The van der Waals surface area contributed by atoms with Gasteiger partial charge in [-0.1, -0.05) is 32.1 Å². The number of pyridine rings is 1. The van der Waals surface area contributed by atoms with Crippen LogP contribution in [0.3, 0.4) is 0 Å². The fourth-order valence-corrected chi connectivity index (χ4v) is 2.80. The highest BCUT2D eigenvalue weighted by Crippen LogP contribution is 2.26. The molecular formula is C12H17NO3S. The number of hydrogen-bond donors (Lipinski definition) is 1. The van der Waals surface area contributed by atoms with Crippen molar-refractivity contribution < 1.29 is 13.0 Å². The third-order valence-corrected chi connectivity index (χ3v) is 4.16. The van der Waals surface area contributed by atoms with Gasteiger partial charge in [-0.15, -0.1) is 0 Å². The molecule has 0 atom stereocenters. The summed E-state index contributed by atoms with van der Waals surface area (Å²) >= 11 is 0. The van der Waals surface area contributed by atoms with E-state index in [0.29, 0.717) is 5.92 Å². The summed E-state index contributed by atoms with van der Waals surface area (Å²) < 4.78 is 30.5. The average Bonchev–Trinajstić information content (AvgIpc) is 2.30. The minimum Gasteiger partial charge on any atom is -0.282 e. The quantitative estimate of drug-likeness (QED) is 0.842. The molecule has 1 aliphatic rings. The highest BCUT2D eigenvalue weighted by Gasteiger charge is 2.15. The molecular weight excluding hydrogens is 238 g/mol. The van der Waals surface area contributed by atoms with E-state index in [9.17, 15) is 8.42 Å². The first-order valence-corrected chi connectivity index (χ1v) is 7.42. The maximum atomic E-state index is 10.8. The Morgan fingerprint density at radius 1 is 1.24 bits per heavy atom.